The molecular weight excluding hydrogens is 254 g/mol. The van der Waals surface area contributed by atoms with Crippen LogP contribution in [0, 0.1) is 11.8 Å². The first-order valence-electron chi connectivity index (χ1n) is 8.88. The summed E-state index contributed by atoms with van der Waals surface area (Å²) in [5.41, 5.74) is 1.66. The third kappa shape index (κ3) is 3.88. The Kier molecular flexibility index (Phi) is 5.87. The van der Waals surface area contributed by atoms with E-state index in [1.54, 1.807) is 0 Å². The van der Waals surface area contributed by atoms with Gasteiger partial charge in [0.25, 0.3) is 0 Å². The molecule has 0 bridgehead atoms. The highest BCUT2D eigenvalue weighted by Crippen LogP contribution is 2.39. The first-order chi connectivity index (χ1) is 10.1. The van der Waals surface area contributed by atoms with Gasteiger partial charge >= 0.3 is 0 Å². The minimum absolute atomic E-state index is 0.192. The molecule has 0 spiro atoms. The van der Waals surface area contributed by atoms with Gasteiger partial charge in [-0.25, -0.2) is 0 Å². The normalized spacial score (nSPS) is 24.8. The number of hydrogen-bond donors (Lipinski definition) is 1. The summed E-state index contributed by atoms with van der Waals surface area (Å²) < 4.78 is 0. The fourth-order valence-corrected chi connectivity index (χ4v) is 4.28. The molecule has 0 radical (unpaired) electrons. The number of likely N-dealkylation sites (N-methyl/N-ethyl adjacent to an activating group) is 1. The molecule has 1 aliphatic rings. The number of rotatable bonds is 6. The molecule has 2 rings (SSSR count). The van der Waals surface area contributed by atoms with Gasteiger partial charge in [-0.15, -0.1) is 0 Å². The number of benzene rings is 1. The van der Waals surface area contributed by atoms with E-state index in [1.165, 1.54) is 37.7 Å². The van der Waals surface area contributed by atoms with Gasteiger partial charge in [0.2, 0.25) is 0 Å². The van der Waals surface area contributed by atoms with Gasteiger partial charge in [-0.2, -0.15) is 0 Å². The number of nitrogens with one attached hydrogen (secondary N) is 1. The van der Waals surface area contributed by atoms with Crippen molar-refractivity contribution in [3.05, 3.63) is 35.9 Å². The summed E-state index contributed by atoms with van der Waals surface area (Å²) in [7, 11) is 0. The Morgan fingerprint density at radius 1 is 1.14 bits per heavy atom. The van der Waals surface area contributed by atoms with Crippen LogP contribution in [0.1, 0.15) is 65.4 Å². The van der Waals surface area contributed by atoms with Crippen LogP contribution in [0.5, 0.6) is 0 Å². The van der Waals surface area contributed by atoms with Gasteiger partial charge in [-0.3, -0.25) is 0 Å². The minimum Gasteiger partial charge on any atom is -0.313 e. The highest BCUT2D eigenvalue weighted by atomic mass is 14.9. The molecule has 1 fully saturated rings. The first kappa shape index (κ1) is 16.5. The standard InChI is InChI=1S/C20H33N/c1-5-16-11-10-12-17(15-16)19(21-6-2)20(3,4)18-13-8-7-9-14-18/h7-9,13-14,16-17,19,21H,5-6,10-12,15H2,1-4H3. The second-order valence-corrected chi connectivity index (χ2v) is 7.32. The van der Waals surface area contributed by atoms with E-state index in [-0.39, 0.29) is 5.41 Å². The fraction of sp³-hybridized carbons (Fsp3) is 0.700. The van der Waals surface area contributed by atoms with Crippen molar-refractivity contribution in [2.24, 2.45) is 11.8 Å². The van der Waals surface area contributed by atoms with Crippen LogP contribution in [0.15, 0.2) is 30.3 Å². The van der Waals surface area contributed by atoms with Crippen molar-refractivity contribution < 1.29 is 0 Å². The Hall–Kier alpha value is -0.820. The molecule has 1 aromatic carbocycles. The van der Waals surface area contributed by atoms with Crippen LogP contribution in [-0.2, 0) is 5.41 Å². The van der Waals surface area contributed by atoms with Crippen LogP contribution in [0.25, 0.3) is 0 Å². The zero-order chi connectivity index (χ0) is 15.3. The first-order valence-corrected chi connectivity index (χ1v) is 8.88. The van der Waals surface area contributed by atoms with Gasteiger partial charge in [0, 0.05) is 11.5 Å². The zero-order valence-electron chi connectivity index (χ0n) is 14.4. The summed E-state index contributed by atoms with van der Waals surface area (Å²) in [5, 5.41) is 3.84. The third-order valence-corrected chi connectivity index (χ3v) is 5.59. The van der Waals surface area contributed by atoms with Gasteiger partial charge < -0.3 is 5.32 Å². The predicted molar refractivity (Wildman–Crippen MR) is 92.7 cm³/mol. The molecule has 0 aromatic heterocycles. The third-order valence-electron chi connectivity index (χ3n) is 5.59. The molecule has 0 saturated heterocycles. The maximum atomic E-state index is 3.84. The molecule has 3 unspecified atom stereocenters. The topological polar surface area (TPSA) is 12.0 Å². The lowest BCUT2D eigenvalue weighted by Crippen LogP contribution is -2.50. The summed E-state index contributed by atoms with van der Waals surface area (Å²) >= 11 is 0. The fourth-order valence-electron chi connectivity index (χ4n) is 4.28. The molecule has 1 N–H and O–H groups in total. The molecule has 1 heteroatoms. The van der Waals surface area contributed by atoms with E-state index in [1.807, 2.05) is 0 Å². The Labute approximate surface area is 131 Å². The second kappa shape index (κ2) is 7.45. The van der Waals surface area contributed by atoms with Gasteiger partial charge in [-0.05, 0) is 36.8 Å². The van der Waals surface area contributed by atoms with Crippen LogP contribution < -0.4 is 5.32 Å². The minimum atomic E-state index is 0.192. The highest BCUT2D eigenvalue weighted by molar-refractivity contribution is 5.26. The molecular formula is C20H33N. The van der Waals surface area contributed by atoms with Gasteiger partial charge in [-0.1, -0.05) is 77.3 Å². The maximum Gasteiger partial charge on any atom is 0.0187 e. The molecule has 0 heterocycles. The molecule has 21 heavy (non-hydrogen) atoms. The van der Waals surface area contributed by atoms with Crippen molar-refractivity contribution >= 4 is 0 Å². The van der Waals surface area contributed by atoms with E-state index >= 15 is 0 Å². The molecule has 1 nitrogen and oxygen atoms in total. The molecule has 0 aliphatic heterocycles. The zero-order valence-corrected chi connectivity index (χ0v) is 14.4. The average molecular weight is 287 g/mol. The molecule has 1 aliphatic carbocycles. The maximum absolute atomic E-state index is 3.84. The second-order valence-electron chi connectivity index (χ2n) is 7.32. The van der Waals surface area contributed by atoms with Crippen molar-refractivity contribution in [2.75, 3.05) is 6.54 Å². The summed E-state index contributed by atoms with van der Waals surface area (Å²) in [6.45, 7) is 10.5. The van der Waals surface area contributed by atoms with Crippen molar-refractivity contribution in [1.29, 1.82) is 0 Å². The molecule has 3 atom stereocenters. The smallest absolute Gasteiger partial charge is 0.0187 e. The number of hydrogen-bond acceptors (Lipinski definition) is 1. The summed E-state index contributed by atoms with van der Waals surface area (Å²) in [6.07, 6.45) is 7.00. The van der Waals surface area contributed by atoms with E-state index in [0.29, 0.717) is 6.04 Å². The summed E-state index contributed by atoms with van der Waals surface area (Å²) in [4.78, 5) is 0. The Morgan fingerprint density at radius 3 is 2.48 bits per heavy atom. The SMILES string of the molecule is CCNC(C1CCCC(CC)C1)C(C)(C)c1ccccc1. The Balaban J connectivity index is 2.21. The lowest BCUT2D eigenvalue weighted by molar-refractivity contribution is 0.162. The van der Waals surface area contributed by atoms with Crippen LogP contribution in [0.3, 0.4) is 0 Å². The Bertz CT molecular complexity index is 409. The quantitative estimate of drug-likeness (QED) is 0.762. The highest BCUT2D eigenvalue weighted by Gasteiger charge is 2.38. The van der Waals surface area contributed by atoms with E-state index < -0.39 is 0 Å². The van der Waals surface area contributed by atoms with Crippen molar-refractivity contribution in [3.8, 4) is 0 Å². The van der Waals surface area contributed by atoms with E-state index in [9.17, 15) is 0 Å². The van der Waals surface area contributed by atoms with E-state index in [2.05, 4.69) is 63.3 Å². The largest absolute Gasteiger partial charge is 0.313 e. The van der Waals surface area contributed by atoms with Crippen LogP contribution >= 0.6 is 0 Å². The van der Waals surface area contributed by atoms with Crippen molar-refractivity contribution in [3.63, 3.8) is 0 Å². The molecule has 118 valence electrons. The van der Waals surface area contributed by atoms with Gasteiger partial charge in [0.05, 0.1) is 0 Å². The van der Waals surface area contributed by atoms with Crippen LogP contribution in [0.4, 0.5) is 0 Å². The Morgan fingerprint density at radius 2 is 1.86 bits per heavy atom. The lowest BCUT2D eigenvalue weighted by Gasteiger charge is -2.43. The van der Waals surface area contributed by atoms with E-state index in [4.69, 9.17) is 0 Å². The summed E-state index contributed by atoms with van der Waals surface area (Å²) in [6, 6.07) is 11.6. The van der Waals surface area contributed by atoms with E-state index in [0.717, 1.165) is 18.4 Å². The van der Waals surface area contributed by atoms with Crippen molar-refractivity contribution in [2.45, 2.75) is 71.3 Å². The molecule has 1 aromatic rings. The molecule has 1 saturated carbocycles. The monoisotopic (exact) mass is 287 g/mol. The lowest BCUT2D eigenvalue weighted by atomic mass is 9.66. The van der Waals surface area contributed by atoms with Gasteiger partial charge in [0.15, 0.2) is 0 Å². The predicted octanol–water partition coefficient (Wildman–Crippen LogP) is 5.16. The van der Waals surface area contributed by atoms with Gasteiger partial charge in [0.1, 0.15) is 0 Å². The summed E-state index contributed by atoms with van der Waals surface area (Å²) in [5.74, 6) is 1.76. The molecule has 0 amide bonds. The average Bonchev–Trinajstić information content (AvgIpc) is 2.53. The van der Waals surface area contributed by atoms with Crippen LogP contribution in [0.2, 0.25) is 0 Å². The van der Waals surface area contributed by atoms with Crippen molar-refractivity contribution in [1.82, 2.24) is 5.32 Å². The van der Waals surface area contributed by atoms with Crippen LogP contribution in [-0.4, -0.2) is 12.6 Å².